The highest BCUT2D eigenvalue weighted by molar-refractivity contribution is 5.79. The second-order valence-electron chi connectivity index (χ2n) is 3.32. The van der Waals surface area contributed by atoms with E-state index in [9.17, 15) is 4.39 Å². The third-order valence-corrected chi connectivity index (χ3v) is 2.40. The molecule has 0 fully saturated rings. The van der Waals surface area contributed by atoms with Crippen LogP contribution in [0, 0.1) is 28.5 Å². The Hall–Kier alpha value is -2.33. The van der Waals surface area contributed by atoms with Crippen LogP contribution in [0.4, 0.5) is 4.39 Å². The molecule has 1 aliphatic heterocycles. The van der Waals surface area contributed by atoms with Crippen molar-refractivity contribution in [3.8, 4) is 17.9 Å². The lowest BCUT2D eigenvalue weighted by Gasteiger charge is -2.19. The fourth-order valence-electron chi connectivity index (χ4n) is 1.68. The molecule has 0 radical (unpaired) electrons. The molecule has 0 amide bonds. The lowest BCUT2D eigenvalue weighted by molar-refractivity contribution is 0.315. The van der Waals surface area contributed by atoms with E-state index >= 15 is 0 Å². The van der Waals surface area contributed by atoms with Crippen LogP contribution < -0.4 is 4.74 Å². The maximum absolute atomic E-state index is 13.1. The first-order valence-electron chi connectivity index (χ1n) is 4.72. The smallest absolute Gasteiger partial charge is 0.133 e. The van der Waals surface area contributed by atoms with Gasteiger partial charge in [-0.05, 0) is 23.8 Å². The lowest BCUT2D eigenvalue weighted by atomic mass is 9.95. The monoisotopic (exact) mass is 214 g/mol. The summed E-state index contributed by atoms with van der Waals surface area (Å²) < 4.78 is 18.4. The van der Waals surface area contributed by atoms with Gasteiger partial charge in [-0.2, -0.15) is 10.5 Å². The quantitative estimate of drug-likeness (QED) is 0.623. The van der Waals surface area contributed by atoms with E-state index in [0.717, 1.165) is 0 Å². The molecule has 0 saturated carbocycles. The summed E-state index contributed by atoms with van der Waals surface area (Å²) in [6.45, 7) is 0.404. The molecule has 0 saturated heterocycles. The highest BCUT2D eigenvalue weighted by atomic mass is 19.1. The first-order valence-corrected chi connectivity index (χ1v) is 4.72. The van der Waals surface area contributed by atoms with E-state index < -0.39 is 5.82 Å². The molecule has 0 N–H and O–H groups in total. The number of nitrogens with zero attached hydrogens (tertiary/aromatic N) is 2. The number of fused-ring (bicyclic) bond motifs is 1. The second kappa shape index (κ2) is 4.04. The van der Waals surface area contributed by atoms with Crippen molar-refractivity contribution in [1.82, 2.24) is 0 Å². The van der Waals surface area contributed by atoms with Gasteiger partial charge in [-0.1, -0.05) is 0 Å². The van der Waals surface area contributed by atoms with Gasteiger partial charge in [0.25, 0.3) is 0 Å². The molecule has 4 heteroatoms. The molecule has 0 aliphatic carbocycles. The highest BCUT2D eigenvalue weighted by Gasteiger charge is 2.19. The van der Waals surface area contributed by atoms with Gasteiger partial charge in [0, 0.05) is 12.0 Å². The largest absolute Gasteiger partial charge is 0.493 e. The van der Waals surface area contributed by atoms with Crippen LogP contribution in [0.15, 0.2) is 23.8 Å². The van der Waals surface area contributed by atoms with Gasteiger partial charge >= 0.3 is 0 Å². The van der Waals surface area contributed by atoms with Gasteiger partial charge in [0.05, 0.1) is 6.61 Å². The SMILES string of the molecule is N#CC(C#N)=C1CCOc2ccc(F)cc21. The molecule has 1 aliphatic rings. The van der Waals surface area contributed by atoms with E-state index in [1.807, 2.05) is 12.1 Å². The average molecular weight is 214 g/mol. The molecule has 0 atom stereocenters. The van der Waals surface area contributed by atoms with Crippen molar-refractivity contribution in [3.63, 3.8) is 0 Å². The number of hydrogen-bond acceptors (Lipinski definition) is 3. The van der Waals surface area contributed by atoms with Crippen molar-refractivity contribution in [1.29, 1.82) is 10.5 Å². The summed E-state index contributed by atoms with van der Waals surface area (Å²) in [5.41, 5.74) is 1.09. The van der Waals surface area contributed by atoms with E-state index in [0.29, 0.717) is 29.9 Å². The summed E-state index contributed by atoms with van der Waals surface area (Å²) >= 11 is 0. The number of nitriles is 2. The molecule has 0 unspecified atom stereocenters. The molecule has 0 bridgehead atoms. The second-order valence-corrected chi connectivity index (χ2v) is 3.32. The fourth-order valence-corrected chi connectivity index (χ4v) is 1.68. The molecular weight excluding hydrogens is 207 g/mol. The molecular formula is C12H7FN2O. The third kappa shape index (κ3) is 1.62. The standard InChI is InChI=1S/C12H7FN2O/c13-9-1-2-12-11(5-9)10(3-4-16-12)8(6-14)7-15/h1-2,5H,3-4H2. The number of rotatable bonds is 0. The van der Waals surface area contributed by atoms with Crippen LogP contribution in [0.5, 0.6) is 5.75 Å². The Morgan fingerprint density at radius 3 is 2.75 bits per heavy atom. The normalized spacial score (nSPS) is 13.1. The van der Waals surface area contributed by atoms with Crippen LogP contribution in [0.2, 0.25) is 0 Å². The number of allylic oxidation sites excluding steroid dienone is 1. The van der Waals surface area contributed by atoms with Gasteiger partial charge < -0.3 is 4.74 Å². The minimum Gasteiger partial charge on any atom is -0.493 e. The van der Waals surface area contributed by atoms with Gasteiger partial charge in [0.2, 0.25) is 0 Å². The molecule has 2 rings (SSSR count). The Bertz CT molecular complexity index is 533. The molecule has 1 heterocycles. The van der Waals surface area contributed by atoms with Gasteiger partial charge in [-0.3, -0.25) is 0 Å². The summed E-state index contributed by atoms with van der Waals surface area (Å²) in [6, 6.07) is 7.74. The fraction of sp³-hybridized carbons (Fsp3) is 0.167. The van der Waals surface area contributed by atoms with Gasteiger partial charge in [-0.15, -0.1) is 0 Å². The number of benzene rings is 1. The summed E-state index contributed by atoms with van der Waals surface area (Å²) in [4.78, 5) is 0. The first-order chi connectivity index (χ1) is 7.76. The Balaban J connectivity index is 2.66. The zero-order valence-corrected chi connectivity index (χ0v) is 8.33. The van der Waals surface area contributed by atoms with E-state index in [2.05, 4.69) is 0 Å². The van der Waals surface area contributed by atoms with E-state index in [1.54, 1.807) is 0 Å². The average Bonchev–Trinajstić information content (AvgIpc) is 2.31. The number of ether oxygens (including phenoxy) is 1. The van der Waals surface area contributed by atoms with Crippen molar-refractivity contribution in [2.75, 3.05) is 6.61 Å². The molecule has 1 aromatic carbocycles. The van der Waals surface area contributed by atoms with Crippen LogP contribution in [0.25, 0.3) is 5.57 Å². The molecule has 1 aromatic rings. The summed E-state index contributed by atoms with van der Waals surface area (Å²) in [5.74, 6) is 0.114. The van der Waals surface area contributed by atoms with Crippen LogP contribution in [0.3, 0.4) is 0 Å². The minimum absolute atomic E-state index is 0.0233. The Morgan fingerprint density at radius 1 is 1.31 bits per heavy atom. The summed E-state index contributed by atoms with van der Waals surface area (Å²) in [6.07, 6.45) is 0.451. The molecule has 16 heavy (non-hydrogen) atoms. The Labute approximate surface area is 92.0 Å². The molecule has 0 aromatic heterocycles. The number of halogens is 1. The predicted molar refractivity (Wildman–Crippen MR) is 54.7 cm³/mol. The zero-order chi connectivity index (χ0) is 11.5. The molecule has 3 nitrogen and oxygen atoms in total. The van der Waals surface area contributed by atoms with Crippen LogP contribution in [-0.4, -0.2) is 6.61 Å². The molecule has 78 valence electrons. The maximum atomic E-state index is 13.1. The van der Waals surface area contributed by atoms with E-state index in [-0.39, 0.29) is 5.57 Å². The van der Waals surface area contributed by atoms with Crippen molar-refractivity contribution >= 4 is 5.57 Å². The maximum Gasteiger partial charge on any atom is 0.133 e. The Morgan fingerprint density at radius 2 is 2.06 bits per heavy atom. The van der Waals surface area contributed by atoms with Gasteiger partial charge in [0.1, 0.15) is 29.3 Å². The highest BCUT2D eigenvalue weighted by Crippen LogP contribution is 2.34. The van der Waals surface area contributed by atoms with Gasteiger partial charge in [0.15, 0.2) is 0 Å². The van der Waals surface area contributed by atoms with Gasteiger partial charge in [-0.25, -0.2) is 4.39 Å². The van der Waals surface area contributed by atoms with Crippen molar-refractivity contribution in [3.05, 3.63) is 35.2 Å². The van der Waals surface area contributed by atoms with E-state index in [4.69, 9.17) is 15.3 Å². The number of hydrogen-bond donors (Lipinski definition) is 0. The summed E-state index contributed by atoms with van der Waals surface area (Å²) in [7, 11) is 0. The van der Waals surface area contributed by atoms with Crippen LogP contribution >= 0.6 is 0 Å². The van der Waals surface area contributed by atoms with Crippen molar-refractivity contribution in [2.45, 2.75) is 6.42 Å². The third-order valence-electron chi connectivity index (χ3n) is 2.40. The Kier molecular flexibility index (Phi) is 2.57. The zero-order valence-electron chi connectivity index (χ0n) is 8.33. The van der Waals surface area contributed by atoms with Crippen LogP contribution in [0.1, 0.15) is 12.0 Å². The lowest BCUT2D eigenvalue weighted by Crippen LogP contribution is -2.09. The van der Waals surface area contributed by atoms with Crippen molar-refractivity contribution in [2.24, 2.45) is 0 Å². The van der Waals surface area contributed by atoms with Crippen LogP contribution in [-0.2, 0) is 0 Å². The minimum atomic E-state index is -0.406. The molecule has 0 spiro atoms. The van der Waals surface area contributed by atoms with E-state index in [1.165, 1.54) is 18.2 Å². The predicted octanol–water partition coefficient (Wildman–Crippen LogP) is 2.41. The topological polar surface area (TPSA) is 56.8 Å². The first kappa shape index (κ1) is 10.2. The summed E-state index contributed by atoms with van der Waals surface area (Å²) in [5, 5.41) is 17.6. The van der Waals surface area contributed by atoms with Crippen molar-refractivity contribution < 1.29 is 9.13 Å².